The third kappa shape index (κ3) is 2.60. The van der Waals surface area contributed by atoms with Crippen LogP contribution in [0.5, 0.6) is 0 Å². The number of hydrogen-bond acceptors (Lipinski definition) is 1. The van der Waals surface area contributed by atoms with Crippen LogP contribution in [0.25, 0.3) is 0 Å². The Morgan fingerprint density at radius 1 is 1.33 bits per heavy atom. The quantitative estimate of drug-likeness (QED) is 0.626. The second kappa shape index (κ2) is 5.85. The van der Waals surface area contributed by atoms with Gasteiger partial charge in [0.25, 0.3) is 0 Å². The molecule has 18 heavy (non-hydrogen) atoms. The van der Waals surface area contributed by atoms with Gasteiger partial charge in [-0.15, -0.1) is 0 Å². The first-order valence-electron chi connectivity index (χ1n) is 6.50. The van der Waals surface area contributed by atoms with Crippen LogP contribution in [0.4, 0.5) is 4.39 Å². The van der Waals surface area contributed by atoms with Crippen LogP contribution in [0, 0.1) is 5.82 Å². The van der Waals surface area contributed by atoms with E-state index in [1.54, 1.807) is 12.1 Å². The van der Waals surface area contributed by atoms with Crippen molar-refractivity contribution in [3.05, 3.63) is 46.8 Å². The standard InChI is InChI=1S/C15H19ClFN/c1-2-10-18-11-15(8-3-4-9-15)14-12(16)6-5-7-13(14)17/h3-7,18H,2,8-11H2,1H3. The van der Waals surface area contributed by atoms with Gasteiger partial charge in [0.15, 0.2) is 0 Å². The lowest BCUT2D eigenvalue weighted by molar-refractivity contribution is 0.400. The summed E-state index contributed by atoms with van der Waals surface area (Å²) in [5.41, 5.74) is 0.456. The molecule has 1 N–H and O–H groups in total. The highest BCUT2D eigenvalue weighted by Crippen LogP contribution is 2.41. The molecule has 0 bridgehead atoms. The van der Waals surface area contributed by atoms with Crippen molar-refractivity contribution >= 4 is 11.6 Å². The molecule has 0 radical (unpaired) electrons. The van der Waals surface area contributed by atoms with Crippen molar-refractivity contribution in [3.8, 4) is 0 Å². The normalized spacial score (nSPS) is 17.3. The van der Waals surface area contributed by atoms with E-state index in [2.05, 4.69) is 24.4 Å². The summed E-state index contributed by atoms with van der Waals surface area (Å²) in [5.74, 6) is -0.190. The largest absolute Gasteiger partial charge is 0.316 e. The van der Waals surface area contributed by atoms with E-state index in [-0.39, 0.29) is 11.2 Å². The fraction of sp³-hybridized carbons (Fsp3) is 0.467. The summed E-state index contributed by atoms with van der Waals surface area (Å²) in [6, 6.07) is 4.94. The SMILES string of the molecule is CCCNCC1(c2c(F)cccc2Cl)CC=CC1. The summed E-state index contributed by atoms with van der Waals surface area (Å²) in [6.07, 6.45) is 7.02. The monoisotopic (exact) mass is 267 g/mol. The minimum atomic E-state index is -0.211. The molecule has 3 heteroatoms. The summed E-state index contributed by atoms with van der Waals surface area (Å²) in [5, 5.41) is 3.94. The van der Waals surface area contributed by atoms with Gasteiger partial charge in [-0.3, -0.25) is 0 Å². The zero-order chi connectivity index (χ0) is 13.0. The average molecular weight is 268 g/mol. The first-order valence-corrected chi connectivity index (χ1v) is 6.87. The second-order valence-corrected chi connectivity index (χ2v) is 5.34. The lowest BCUT2D eigenvalue weighted by Gasteiger charge is -2.31. The summed E-state index contributed by atoms with van der Waals surface area (Å²) >= 11 is 6.22. The Kier molecular flexibility index (Phi) is 4.41. The molecule has 0 aromatic heterocycles. The molecule has 0 unspecified atom stereocenters. The molecule has 1 nitrogen and oxygen atoms in total. The van der Waals surface area contributed by atoms with Crippen LogP contribution >= 0.6 is 11.6 Å². The molecule has 1 aliphatic carbocycles. The molecule has 1 aromatic rings. The van der Waals surface area contributed by atoms with Crippen molar-refractivity contribution in [2.24, 2.45) is 0 Å². The summed E-state index contributed by atoms with van der Waals surface area (Å²) in [6.45, 7) is 3.85. The smallest absolute Gasteiger partial charge is 0.128 e. The Hall–Kier alpha value is -0.860. The molecule has 0 saturated carbocycles. The van der Waals surface area contributed by atoms with Crippen LogP contribution in [-0.2, 0) is 5.41 Å². The van der Waals surface area contributed by atoms with Crippen LogP contribution in [0.15, 0.2) is 30.4 Å². The second-order valence-electron chi connectivity index (χ2n) is 4.93. The van der Waals surface area contributed by atoms with Gasteiger partial charge in [0.2, 0.25) is 0 Å². The van der Waals surface area contributed by atoms with Gasteiger partial charge < -0.3 is 5.32 Å². The molecule has 0 fully saturated rings. The van der Waals surface area contributed by atoms with E-state index >= 15 is 0 Å². The highest BCUT2D eigenvalue weighted by Gasteiger charge is 2.36. The summed E-state index contributed by atoms with van der Waals surface area (Å²) < 4.78 is 14.1. The zero-order valence-corrected chi connectivity index (χ0v) is 11.4. The van der Waals surface area contributed by atoms with Gasteiger partial charge in [0.1, 0.15) is 5.82 Å². The van der Waals surface area contributed by atoms with E-state index in [0.29, 0.717) is 10.6 Å². The Bertz CT molecular complexity index is 414. The zero-order valence-electron chi connectivity index (χ0n) is 10.7. The molecule has 0 aliphatic heterocycles. The van der Waals surface area contributed by atoms with Crippen LogP contribution in [0.1, 0.15) is 31.7 Å². The van der Waals surface area contributed by atoms with E-state index in [0.717, 1.165) is 32.4 Å². The third-order valence-corrected chi connectivity index (χ3v) is 3.88. The van der Waals surface area contributed by atoms with Gasteiger partial charge >= 0.3 is 0 Å². The molecule has 98 valence electrons. The van der Waals surface area contributed by atoms with Gasteiger partial charge in [0, 0.05) is 22.5 Å². The Morgan fingerprint density at radius 3 is 2.67 bits per heavy atom. The van der Waals surface area contributed by atoms with Crippen LogP contribution in [-0.4, -0.2) is 13.1 Å². The topological polar surface area (TPSA) is 12.0 Å². The molecule has 0 heterocycles. The number of rotatable bonds is 5. The minimum absolute atomic E-state index is 0.190. The fourth-order valence-electron chi connectivity index (χ4n) is 2.65. The van der Waals surface area contributed by atoms with E-state index in [9.17, 15) is 4.39 Å². The van der Waals surface area contributed by atoms with Gasteiger partial charge in [-0.2, -0.15) is 0 Å². The Morgan fingerprint density at radius 2 is 2.06 bits per heavy atom. The number of hydrogen-bond donors (Lipinski definition) is 1. The third-order valence-electron chi connectivity index (χ3n) is 3.57. The van der Waals surface area contributed by atoms with Gasteiger partial charge in [-0.1, -0.05) is 36.7 Å². The number of nitrogens with one attached hydrogen (secondary N) is 1. The molecule has 0 amide bonds. The highest BCUT2D eigenvalue weighted by molar-refractivity contribution is 6.31. The number of halogens is 2. The summed E-state index contributed by atoms with van der Waals surface area (Å²) in [7, 11) is 0. The van der Waals surface area contributed by atoms with Crippen LogP contribution in [0.3, 0.4) is 0 Å². The van der Waals surface area contributed by atoms with Crippen molar-refractivity contribution in [2.75, 3.05) is 13.1 Å². The van der Waals surface area contributed by atoms with Crippen LogP contribution < -0.4 is 5.32 Å². The lowest BCUT2D eigenvalue weighted by Crippen LogP contribution is -2.37. The molecular formula is C15H19ClFN. The van der Waals surface area contributed by atoms with Gasteiger partial charge in [-0.05, 0) is 37.9 Å². The van der Waals surface area contributed by atoms with Crippen molar-refractivity contribution in [1.29, 1.82) is 0 Å². The van der Waals surface area contributed by atoms with E-state index in [4.69, 9.17) is 11.6 Å². The fourth-order valence-corrected chi connectivity index (χ4v) is 3.01. The lowest BCUT2D eigenvalue weighted by atomic mass is 9.77. The van der Waals surface area contributed by atoms with E-state index in [1.165, 1.54) is 6.07 Å². The Labute approximate surface area is 113 Å². The van der Waals surface area contributed by atoms with Crippen molar-refractivity contribution in [2.45, 2.75) is 31.6 Å². The molecule has 1 aliphatic rings. The molecule has 0 saturated heterocycles. The maximum atomic E-state index is 14.1. The maximum absolute atomic E-state index is 14.1. The van der Waals surface area contributed by atoms with Crippen molar-refractivity contribution in [3.63, 3.8) is 0 Å². The van der Waals surface area contributed by atoms with E-state index in [1.807, 2.05) is 0 Å². The molecule has 1 aromatic carbocycles. The number of benzene rings is 1. The van der Waals surface area contributed by atoms with Crippen molar-refractivity contribution in [1.82, 2.24) is 5.32 Å². The molecular weight excluding hydrogens is 249 g/mol. The Balaban J connectivity index is 2.29. The maximum Gasteiger partial charge on any atom is 0.128 e. The van der Waals surface area contributed by atoms with Gasteiger partial charge in [-0.25, -0.2) is 4.39 Å². The number of allylic oxidation sites excluding steroid dienone is 2. The first-order chi connectivity index (χ1) is 8.69. The first kappa shape index (κ1) is 13.6. The van der Waals surface area contributed by atoms with Crippen LogP contribution in [0.2, 0.25) is 5.02 Å². The predicted octanol–water partition coefficient (Wildman–Crippen LogP) is 4.07. The van der Waals surface area contributed by atoms with Gasteiger partial charge in [0.05, 0.1) is 0 Å². The highest BCUT2D eigenvalue weighted by atomic mass is 35.5. The van der Waals surface area contributed by atoms with Crippen molar-refractivity contribution < 1.29 is 4.39 Å². The summed E-state index contributed by atoms with van der Waals surface area (Å²) in [4.78, 5) is 0. The molecule has 0 atom stereocenters. The molecule has 0 spiro atoms. The van der Waals surface area contributed by atoms with E-state index < -0.39 is 0 Å². The predicted molar refractivity (Wildman–Crippen MR) is 74.6 cm³/mol. The average Bonchev–Trinajstić information content (AvgIpc) is 2.79. The minimum Gasteiger partial charge on any atom is -0.316 e. The molecule has 2 rings (SSSR count).